The van der Waals surface area contributed by atoms with Crippen molar-refractivity contribution in [2.75, 3.05) is 12.4 Å². The monoisotopic (exact) mass is 215 g/mol. The molecule has 1 aromatic carbocycles. The summed E-state index contributed by atoms with van der Waals surface area (Å²) in [5, 5.41) is 8.68. The van der Waals surface area contributed by atoms with Gasteiger partial charge in [-0.2, -0.15) is 0 Å². The Kier molecular flexibility index (Phi) is 4.93. The van der Waals surface area contributed by atoms with Crippen LogP contribution in [0.15, 0.2) is 29.2 Å². The van der Waals surface area contributed by atoms with E-state index in [1.54, 1.807) is 18.2 Å². The predicted octanol–water partition coefficient (Wildman–Crippen LogP) is 1.63. The smallest absolute Gasteiger partial charge is 0.136 e. The van der Waals surface area contributed by atoms with Crippen molar-refractivity contribution in [3.8, 4) is 0 Å². The Morgan fingerprint density at radius 3 is 2.79 bits per heavy atom. The van der Waals surface area contributed by atoms with Crippen LogP contribution in [0, 0.1) is 5.82 Å². The average Bonchev–Trinajstić information content (AvgIpc) is 2.20. The summed E-state index contributed by atoms with van der Waals surface area (Å²) < 4.78 is 13.1. The fourth-order valence-electron chi connectivity index (χ4n) is 0.973. The van der Waals surface area contributed by atoms with Gasteiger partial charge in [-0.25, -0.2) is 4.39 Å². The first-order valence-electron chi connectivity index (χ1n) is 4.48. The molecular weight excluding hydrogens is 201 g/mol. The van der Waals surface area contributed by atoms with Crippen molar-refractivity contribution >= 4 is 11.8 Å². The number of hydrogen-bond acceptors (Lipinski definition) is 3. The van der Waals surface area contributed by atoms with Gasteiger partial charge in [0.15, 0.2) is 0 Å². The molecule has 3 N–H and O–H groups in total. The molecule has 0 aliphatic heterocycles. The normalized spacial score (nSPS) is 12.8. The first-order chi connectivity index (χ1) is 6.74. The van der Waals surface area contributed by atoms with Crippen LogP contribution in [0.5, 0.6) is 0 Å². The van der Waals surface area contributed by atoms with Gasteiger partial charge in [0.05, 0.1) is 6.61 Å². The van der Waals surface area contributed by atoms with Gasteiger partial charge in [0.1, 0.15) is 5.82 Å². The fraction of sp³-hybridized carbons (Fsp3) is 0.400. The molecule has 0 saturated heterocycles. The summed E-state index contributed by atoms with van der Waals surface area (Å²) in [5.41, 5.74) is 5.52. The highest BCUT2D eigenvalue weighted by Crippen LogP contribution is 2.21. The van der Waals surface area contributed by atoms with Crippen LogP contribution in [0.2, 0.25) is 0 Å². The number of benzene rings is 1. The third-order valence-corrected chi connectivity index (χ3v) is 2.90. The zero-order valence-electron chi connectivity index (χ0n) is 7.82. The zero-order valence-corrected chi connectivity index (χ0v) is 8.64. The molecule has 0 radical (unpaired) electrons. The van der Waals surface area contributed by atoms with Gasteiger partial charge in [0.25, 0.3) is 0 Å². The van der Waals surface area contributed by atoms with E-state index < -0.39 is 0 Å². The van der Waals surface area contributed by atoms with Gasteiger partial charge in [-0.15, -0.1) is 11.8 Å². The Morgan fingerprint density at radius 1 is 1.43 bits per heavy atom. The Bertz CT molecular complexity index is 283. The number of rotatable bonds is 5. The molecule has 1 rings (SSSR count). The van der Waals surface area contributed by atoms with Gasteiger partial charge >= 0.3 is 0 Å². The summed E-state index contributed by atoms with van der Waals surface area (Å²) in [6.45, 7) is -0.0160. The van der Waals surface area contributed by atoms with Gasteiger partial charge in [0.2, 0.25) is 0 Å². The molecule has 1 atom stereocenters. The molecular formula is C10H14FNOS. The third-order valence-electron chi connectivity index (χ3n) is 1.82. The minimum atomic E-state index is -0.200. The van der Waals surface area contributed by atoms with E-state index in [2.05, 4.69) is 0 Å². The van der Waals surface area contributed by atoms with E-state index >= 15 is 0 Å². The molecule has 0 heterocycles. The summed E-state index contributed by atoms with van der Waals surface area (Å²) >= 11 is 1.42. The minimum Gasteiger partial charge on any atom is -0.395 e. The second-order valence-electron chi connectivity index (χ2n) is 3.01. The van der Waals surface area contributed by atoms with Crippen LogP contribution in [-0.4, -0.2) is 23.5 Å². The highest BCUT2D eigenvalue weighted by atomic mass is 32.2. The van der Waals surface area contributed by atoms with E-state index in [4.69, 9.17) is 10.8 Å². The van der Waals surface area contributed by atoms with E-state index in [-0.39, 0.29) is 18.5 Å². The van der Waals surface area contributed by atoms with E-state index in [1.165, 1.54) is 17.8 Å². The van der Waals surface area contributed by atoms with Crippen LogP contribution >= 0.6 is 11.8 Å². The minimum absolute atomic E-state index is 0.0160. The number of aliphatic hydroxyl groups is 1. The Balaban J connectivity index is 2.35. The van der Waals surface area contributed by atoms with E-state index in [0.29, 0.717) is 11.3 Å². The molecule has 2 nitrogen and oxygen atoms in total. The molecule has 0 fully saturated rings. The fourth-order valence-corrected chi connectivity index (χ4v) is 1.99. The maximum atomic E-state index is 13.1. The van der Waals surface area contributed by atoms with Crippen LogP contribution in [0.3, 0.4) is 0 Å². The first kappa shape index (κ1) is 11.5. The lowest BCUT2D eigenvalue weighted by molar-refractivity contribution is 0.264. The maximum absolute atomic E-state index is 13.1. The topological polar surface area (TPSA) is 46.2 Å². The number of hydrogen-bond donors (Lipinski definition) is 2. The van der Waals surface area contributed by atoms with Crippen LogP contribution in [0.4, 0.5) is 4.39 Å². The lowest BCUT2D eigenvalue weighted by atomic mass is 10.3. The highest BCUT2D eigenvalue weighted by molar-refractivity contribution is 7.99. The SMILES string of the molecule is N[C@H](CO)CCSc1ccccc1F. The van der Waals surface area contributed by atoms with Gasteiger partial charge in [0, 0.05) is 10.9 Å². The summed E-state index contributed by atoms with van der Waals surface area (Å²) in [6.07, 6.45) is 0.690. The number of halogens is 1. The van der Waals surface area contributed by atoms with Crippen molar-refractivity contribution in [3.05, 3.63) is 30.1 Å². The van der Waals surface area contributed by atoms with Crippen LogP contribution < -0.4 is 5.73 Å². The Hall–Kier alpha value is -0.580. The quantitative estimate of drug-likeness (QED) is 0.734. The molecule has 14 heavy (non-hydrogen) atoms. The molecule has 0 saturated carbocycles. The highest BCUT2D eigenvalue weighted by Gasteiger charge is 2.03. The number of nitrogens with two attached hydrogens (primary N) is 1. The summed E-state index contributed by atoms with van der Waals surface area (Å²) in [6, 6.07) is 6.45. The van der Waals surface area contributed by atoms with Crippen molar-refractivity contribution < 1.29 is 9.50 Å². The zero-order chi connectivity index (χ0) is 10.4. The average molecular weight is 215 g/mol. The van der Waals surface area contributed by atoms with E-state index in [0.717, 1.165) is 5.75 Å². The molecule has 0 spiro atoms. The predicted molar refractivity (Wildman–Crippen MR) is 56.8 cm³/mol. The number of thioether (sulfide) groups is 1. The Labute approximate surface area is 87.3 Å². The lowest BCUT2D eigenvalue weighted by Gasteiger charge is -2.07. The van der Waals surface area contributed by atoms with Crippen molar-refractivity contribution in [1.29, 1.82) is 0 Å². The van der Waals surface area contributed by atoms with Crippen molar-refractivity contribution in [2.24, 2.45) is 5.73 Å². The maximum Gasteiger partial charge on any atom is 0.136 e. The molecule has 0 aliphatic carbocycles. The van der Waals surface area contributed by atoms with Gasteiger partial charge < -0.3 is 10.8 Å². The second-order valence-corrected chi connectivity index (χ2v) is 4.15. The van der Waals surface area contributed by atoms with Crippen molar-refractivity contribution in [1.82, 2.24) is 0 Å². The second kappa shape index (κ2) is 6.01. The molecule has 78 valence electrons. The molecule has 0 bridgehead atoms. The molecule has 4 heteroatoms. The molecule has 0 aromatic heterocycles. The molecule has 1 aromatic rings. The van der Waals surface area contributed by atoms with Gasteiger partial charge in [-0.1, -0.05) is 12.1 Å². The summed E-state index contributed by atoms with van der Waals surface area (Å²) in [7, 11) is 0. The van der Waals surface area contributed by atoms with E-state index in [9.17, 15) is 4.39 Å². The standard InChI is InChI=1S/C10H14FNOS/c11-9-3-1-2-4-10(9)14-6-5-8(12)7-13/h1-4,8,13H,5-7,12H2/t8-/m0/s1. The lowest BCUT2D eigenvalue weighted by Crippen LogP contribution is -2.24. The van der Waals surface area contributed by atoms with Crippen LogP contribution in [-0.2, 0) is 0 Å². The Morgan fingerprint density at radius 2 is 2.14 bits per heavy atom. The summed E-state index contributed by atoms with van der Waals surface area (Å²) in [4.78, 5) is 0.637. The van der Waals surface area contributed by atoms with Crippen molar-refractivity contribution in [3.63, 3.8) is 0 Å². The summed E-state index contributed by atoms with van der Waals surface area (Å²) in [5.74, 6) is 0.526. The molecule has 0 amide bonds. The molecule has 0 unspecified atom stereocenters. The first-order valence-corrected chi connectivity index (χ1v) is 5.46. The number of aliphatic hydroxyl groups excluding tert-OH is 1. The van der Waals surface area contributed by atoms with Gasteiger partial charge in [-0.05, 0) is 24.3 Å². The van der Waals surface area contributed by atoms with Crippen LogP contribution in [0.25, 0.3) is 0 Å². The van der Waals surface area contributed by atoms with Gasteiger partial charge in [-0.3, -0.25) is 0 Å². The molecule has 0 aliphatic rings. The van der Waals surface area contributed by atoms with Crippen molar-refractivity contribution in [2.45, 2.75) is 17.4 Å². The largest absolute Gasteiger partial charge is 0.395 e. The third kappa shape index (κ3) is 3.65. The van der Waals surface area contributed by atoms with E-state index in [1.807, 2.05) is 0 Å². The van der Waals surface area contributed by atoms with Crippen LogP contribution in [0.1, 0.15) is 6.42 Å².